The highest BCUT2D eigenvalue weighted by molar-refractivity contribution is 4.99. The van der Waals surface area contributed by atoms with Gasteiger partial charge in [-0.15, -0.1) is 0 Å². The Kier molecular flexibility index (Phi) is 5.36. The Bertz CT molecular complexity index is 269. The molecule has 0 unspecified atom stereocenters. The smallest absolute Gasteiger partial charge is 0.0521 e. The van der Waals surface area contributed by atoms with Gasteiger partial charge in [0, 0.05) is 32.4 Å². The third-order valence-corrected chi connectivity index (χ3v) is 2.62. The summed E-state index contributed by atoms with van der Waals surface area (Å²) in [5, 5.41) is 7.66. The molecular weight excluding hydrogens is 188 g/mol. The quantitative estimate of drug-likeness (QED) is 0.680. The largest absolute Gasteiger partial charge is 0.310 e. The van der Waals surface area contributed by atoms with Gasteiger partial charge in [-0.25, -0.2) is 0 Å². The molecule has 0 bridgehead atoms. The van der Waals surface area contributed by atoms with Gasteiger partial charge in [0.15, 0.2) is 0 Å². The molecular formula is C11H22N4. The molecule has 0 fully saturated rings. The van der Waals surface area contributed by atoms with Crippen molar-refractivity contribution >= 4 is 0 Å². The van der Waals surface area contributed by atoms with Crippen LogP contribution in [0.25, 0.3) is 0 Å². The van der Waals surface area contributed by atoms with E-state index in [1.807, 2.05) is 10.9 Å². The molecule has 1 N–H and O–H groups in total. The molecule has 0 spiro atoms. The molecule has 1 heterocycles. The van der Waals surface area contributed by atoms with Gasteiger partial charge in [0.2, 0.25) is 0 Å². The molecule has 0 amide bonds. The van der Waals surface area contributed by atoms with Crippen molar-refractivity contribution in [1.29, 1.82) is 0 Å². The van der Waals surface area contributed by atoms with Crippen molar-refractivity contribution in [2.75, 3.05) is 26.7 Å². The maximum Gasteiger partial charge on any atom is 0.0521 e. The van der Waals surface area contributed by atoms with Gasteiger partial charge in [0.25, 0.3) is 0 Å². The molecule has 1 rings (SSSR count). The van der Waals surface area contributed by atoms with Crippen molar-refractivity contribution in [2.24, 2.45) is 0 Å². The summed E-state index contributed by atoms with van der Waals surface area (Å²) in [6, 6.07) is 2.07. The minimum absolute atomic E-state index is 0.908. The fourth-order valence-electron chi connectivity index (χ4n) is 1.44. The molecule has 0 saturated heterocycles. The fourth-order valence-corrected chi connectivity index (χ4v) is 1.44. The Hall–Kier alpha value is -0.870. The number of rotatable bonds is 7. The number of hydrogen-bond acceptors (Lipinski definition) is 3. The van der Waals surface area contributed by atoms with Gasteiger partial charge in [0.05, 0.1) is 5.69 Å². The van der Waals surface area contributed by atoms with Crippen molar-refractivity contribution in [3.63, 3.8) is 0 Å². The number of nitrogens with one attached hydrogen (secondary N) is 1. The van der Waals surface area contributed by atoms with Crippen molar-refractivity contribution in [1.82, 2.24) is 20.0 Å². The van der Waals surface area contributed by atoms with Crippen LogP contribution in [0.5, 0.6) is 0 Å². The average molecular weight is 210 g/mol. The molecule has 0 saturated carbocycles. The normalized spacial score (nSPS) is 11.2. The minimum atomic E-state index is 0.908. The van der Waals surface area contributed by atoms with Crippen molar-refractivity contribution in [2.45, 2.75) is 26.9 Å². The van der Waals surface area contributed by atoms with Gasteiger partial charge in [-0.05, 0) is 26.6 Å². The Balaban J connectivity index is 2.20. The van der Waals surface area contributed by atoms with Gasteiger partial charge in [0.1, 0.15) is 0 Å². The van der Waals surface area contributed by atoms with E-state index in [1.165, 1.54) is 5.69 Å². The summed E-state index contributed by atoms with van der Waals surface area (Å²) in [4.78, 5) is 2.30. The van der Waals surface area contributed by atoms with Gasteiger partial charge >= 0.3 is 0 Å². The third-order valence-electron chi connectivity index (χ3n) is 2.62. The highest BCUT2D eigenvalue weighted by atomic mass is 15.3. The highest BCUT2D eigenvalue weighted by Gasteiger charge is 1.99. The van der Waals surface area contributed by atoms with E-state index in [4.69, 9.17) is 0 Å². The Labute approximate surface area is 92.3 Å². The molecule has 0 aromatic carbocycles. The molecule has 0 aliphatic heterocycles. The van der Waals surface area contributed by atoms with Crippen LogP contribution in [0.3, 0.4) is 0 Å². The lowest BCUT2D eigenvalue weighted by atomic mass is 10.4. The molecule has 1 aromatic rings. The predicted octanol–water partition coefficient (Wildman–Crippen LogP) is 0.944. The van der Waals surface area contributed by atoms with E-state index in [1.54, 1.807) is 0 Å². The number of hydrogen-bond donors (Lipinski definition) is 1. The lowest BCUT2D eigenvalue weighted by Gasteiger charge is -2.14. The van der Waals surface area contributed by atoms with Crippen LogP contribution in [0.1, 0.15) is 19.5 Å². The van der Waals surface area contributed by atoms with Gasteiger partial charge < -0.3 is 10.2 Å². The number of aryl methyl sites for hydroxylation is 1. The minimum Gasteiger partial charge on any atom is -0.310 e. The van der Waals surface area contributed by atoms with E-state index in [9.17, 15) is 0 Å². The summed E-state index contributed by atoms with van der Waals surface area (Å²) in [6.45, 7) is 9.36. The second kappa shape index (κ2) is 6.58. The van der Waals surface area contributed by atoms with Crippen LogP contribution < -0.4 is 5.32 Å². The van der Waals surface area contributed by atoms with Crippen LogP contribution in [-0.2, 0) is 13.1 Å². The summed E-state index contributed by atoms with van der Waals surface area (Å²) >= 11 is 0. The summed E-state index contributed by atoms with van der Waals surface area (Å²) in [7, 11) is 2.14. The van der Waals surface area contributed by atoms with E-state index in [0.29, 0.717) is 0 Å². The molecule has 86 valence electrons. The second-order valence-corrected chi connectivity index (χ2v) is 3.71. The van der Waals surface area contributed by atoms with Gasteiger partial charge in [-0.2, -0.15) is 5.10 Å². The SMILES string of the molecule is CCN(C)CCNCc1ccnn1CC. The monoisotopic (exact) mass is 210 g/mol. The van der Waals surface area contributed by atoms with Crippen LogP contribution in [-0.4, -0.2) is 41.4 Å². The maximum atomic E-state index is 4.23. The first-order valence-corrected chi connectivity index (χ1v) is 5.67. The lowest BCUT2D eigenvalue weighted by molar-refractivity contribution is 0.348. The van der Waals surface area contributed by atoms with Gasteiger partial charge in [-0.3, -0.25) is 4.68 Å². The third kappa shape index (κ3) is 4.01. The van der Waals surface area contributed by atoms with Gasteiger partial charge in [-0.1, -0.05) is 6.92 Å². The lowest BCUT2D eigenvalue weighted by Crippen LogP contribution is -2.29. The molecule has 0 aliphatic rings. The first-order valence-electron chi connectivity index (χ1n) is 5.67. The van der Waals surface area contributed by atoms with Crippen LogP contribution in [0.15, 0.2) is 12.3 Å². The van der Waals surface area contributed by atoms with Crippen LogP contribution >= 0.6 is 0 Å². The fraction of sp³-hybridized carbons (Fsp3) is 0.727. The Morgan fingerprint density at radius 2 is 2.27 bits per heavy atom. The molecule has 0 atom stereocenters. The molecule has 4 heteroatoms. The van der Waals surface area contributed by atoms with E-state index >= 15 is 0 Å². The van der Waals surface area contributed by atoms with E-state index in [-0.39, 0.29) is 0 Å². The van der Waals surface area contributed by atoms with Crippen LogP contribution in [0.4, 0.5) is 0 Å². The maximum absolute atomic E-state index is 4.23. The van der Waals surface area contributed by atoms with Crippen molar-refractivity contribution in [3.8, 4) is 0 Å². The Morgan fingerprint density at radius 1 is 1.47 bits per heavy atom. The molecule has 0 radical (unpaired) electrons. The average Bonchev–Trinajstić information content (AvgIpc) is 2.71. The summed E-state index contributed by atoms with van der Waals surface area (Å²) < 4.78 is 2.02. The first-order chi connectivity index (χ1) is 7.27. The number of likely N-dealkylation sites (N-methyl/N-ethyl adjacent to an activating group) is 1. The van der Waals surface area contributed by atoms with E-state index in [0.717, 1.165) is 32.7 Å². The summed E-state index contributed by atoms with van der Waals surface area (Å²) in [5.74, 6) is 0. The molecule has 1 aromatic heterocycles. The predicted molar refractivity (Wildman–Crippen MR) is 62.8 cm³/mol. The van der Waals surface area contributed by atoms with Crippen molar-refractivity contribution < 1.29 is 0 Å². The summed E-state index contributed by atoms with van der Waals surface area (Å²) in [5.41, 5.74) is 1.26. The standard InChI is InChI=1S/C11H22N4/c1-4-14(3)9-8-12-10-11-6-7-13-15(11)5-2/h6-7,12H,4-5,8-10H2,1-3H3. The van der Waals surface area contributed by atoms with Crippen LogP contribution in [0.2, 0.25) is 0 Å². The molecule has 4 nitrogen and oxygen atoms in total. The summed E-state index contributed by atoms with van der Waals surface area (Å²) in [6.07, 6.45) is 1.86. The zero-order chi connectivity index (χ0) is 11.1. The zero-order valence-electron chi connectivity index (χ0n) is 10.0. The zero-order valence-corrected chi connectivity index (χ0v) is 10.0. The molecule has 0 aliphatic carbocycles. The van der Waals surface area contributed by atoms with E-state index < -0.39 is 0 Å². The Morgan fingerprint density at radius 3 is 2.93 bits per heavy atom. The highest BCUT2D eigenvalue weighted by Crippen LogP contribution is 1.97. The topological polar surface area (TPSA) is 33.1 Å². The number of nitrogens with zero attached hydrogens (tertiary/aromatic N) is 3. The second-order valence-electron chi connectivity index (χ2n) is 3.71. The van der Waals surface area contributed by atoms with Crippen LogP contribution in [0, 0.1) is 0 Å². The van der Waals surface area contributed by atoms with Crippen molar-refractivity contribution in [3.05, 3.63) is 18.0 Å². The molecule has 15 heavy (non-hydrogen) atoms. The number of aromatic nitrogens is 2. The van der Waals surface area contributed by atoms with E-state index in [2.05, 4.69) is 42.3 Å². The first kappa shape index (κ1) is 12.2.